The number of aliphatic hydroxyl groups is 2. The molecule has 0 aromatic rings. The Hall–Kier alpha value is -1.44. The molecular formula is C27H42N2O4S. The van der Waals surface area contributed by atoms with Crippen molar-refractivity contribution in [2.75, 3.05) is 7.05 Å². The topological polar surface area (TPSA) is 90.8 Å². The molecule has 1 saturated heterocycles. The molecule has 2 saturated carbocycles. The van der Waals surface area contributed by atoms with Crippen molar-refractivity contribution in [3.05, 3.63) is 23.8 Å². The molecule has 1 aliphatic heterocycles. The highest BCUT2D eigenvalue weighted by molar-refractivity contribution is 7.80. The second-order valence-corrected chi connectivity index (χ2v) is 12.4. The summed E-state index contributed by atoms with van der Waals surface area (Å²) in [4.78, 5) is 12.5. The van der Waals surface area contributed by atoms with Gasteiger partial charge in [-0.05, 0) is 92.3 Å². The molecule has 34 heavy (non-hydrogen) atoms. The highest BCUT2D eigenvalue weighted by Crippen LogP contribution is 2.63. The fraction of sp³-hybridized carbons (Fsp3) is 0.778. The van der Waals surface area contributed by atoms with Gasteiger partial charge in [-0.3, -0.25) is 0 Å². The lowest BCUT2D eigenvalue weighted by atomic mass is 9.53. The quantitative estimate of drug-likeness (QED) is 0.268. The first-order chi connectivity index (χ1) is 15.8. The van der Waals surface area contributed by atoms with Gasteiger partial charge in [0, 0.05) is 19.0 Å². The molecule has 7 heteroatoms. The predicted molar refractivity (Wildman–Crippen MR) is 137 cm³/mol. The van der Waals surface area contributed by atoms with Gasteiger partial charge in [0.25, 0.3) is 0 Å². The van der Waals surface area contributed by atoms with Crippen LogP contribution in [0.4, 0.5) is 0 Å². The molecule has 0 radical (unpaired) electrons. The van der Waals surface area contributed by atoms with Crippen LogP contribution in [0.1, 0.15) is 60.3 Å². The summed E-state index contributed by atoms with van der Waals surface area (Å²) in [7, 11) is 1.85. The molecular weight excluding hydrogens is 448 g/mol. The number of hydrogen-bond acceptors (Lipinski definition) is 5. The minimum absolute atomic E-state index is 0.00822. The van der Waals surface area contributed by atoms with Gasteiger partial charge in [0.05, 0.1) is 0 Å². The van der Waals surface area contributed by atoms with E-state index in [1.165, 1.54) is 5.57 Å². The molecule has 0 aromatic carbocycles. The zero-order valence-electron chi connectivity index (χ0n) is 21.4. The second-order valence-electron chi connectivity index (χ2n) is 12.0. The Kier molecular flexibility index (Phi) is 6.71. The number of esters is 1. The Labute approximate surface area is 209 Å². The lowest BCUT2D eigenvalue weighted by molar-refractivity contribution is -0.209. The largest absolute Gasteiger partial charge is 0.460 e. The van der Waals surface area contributed by atoms with E-state index in [-0.39, 0.29) is 23.3 Å². The lowest BCUT2D eigenvalue weighted by Gasteiger charge is -2.54. The highest BCUT2D eigenvalue weighted by atomic mass is 32.1. The number of carbonyl (C=O) groups is 1. The second kappa shape index (κ2) is 8.90. The van der Waals surface area contributed by atoms with Crippen LogP contribution in [0, 0.1) is 40.9 Å². The highest BCUT2D eigenvalue weighted by Gasteiger charge is 2.62. The summed E-state index contributed by atoms with van der Waals surface area (Å²) < 4.78 is 5.40. The van der Waals surface area contributed by atoms with Crippen molar-refractivity contribution in [3.8, 4) is 0 Å². The third-order valence-electron chi connectivity index (χ3n) is 9.82. The van der Waals surface area contributed by atoms with Crippen LogP contribution in [-0.2, 0) is 9.53 Å². The molecule has 4 aliphatic rings. The molecule has 4 N–H and O–H groups in total. The first-order valence-corrected chi connectivity index (χ1v) is 13.2. The molecule has 4 rings (SSSR count). The molecule has 3 aliphatic carbocycles. The van der Waals surface area contributed by atoms with Gasteiger partial charge in [0.15, 0.2) is 11.2 Å². The first-order valence-electron chi connectivity index (χ1n) is 12.8. The Balaban J connectivity index is 1.75. The normalized spacial score (nSPS) is 47.9. The lowest BCUT2D eigenvalue weighted by Crippen LogP contribution is -2.63. The number of nitrogens with one attached hydrogen (secondary N) is 2. The Morgan fingerprint density at radius 1 is 1.29 bits per heavy atom. The van der Waals surface area contributed by atoms with Crippen molar-refractivity contribution in [2.24, 2.45) is 40.9 Å². The third kappa shape index (κ3) is 3.82. The van der Waals surface area contributed by atoms with Crippen molar-refractivity contribution in [1.82, 2.24) is 10.6 Å². The fourth-order valence-electron chi connectivity index (χ4n) is 8.09. The van der Waals surface area contributed by atoms with Gasteiger partial charge in [-0.1, -0.05) is 39.0 Å². The Morgan fingerprint density at radius 2 is 1.97 bits per heavy atom. The summed E-state index contributed by atoms with van der Waals surface area (Å²) in [5, 5.41) is 30.2. The molecule has 10 atom stereocenters. The van der Waals surface area contributed by atoms with Crippen LogP contribution in [0.2, 0.25) is 0 Å². The van der Waals surface area contributed by atoms with Crippen LogP contribution in [0.3, 0.4) is 0 Å². The average molecular weight is 491 g/mol. The first kappa shape index (κ1) is 25.6. The van der Waals surface area contributed by atoms with E-state index in [0.717, 1.165) is 19.3 Å². The number of allylic oxidation sites excluding steroid dienone is 2. The average Bonchev–Trinajstić information content (AvgIpc) is 3.05. The van der Waals surface area contributed by atoms with Gasteiger partial charge in [-0.15, -0.1) is 0 Å². The van der Waals surface area contributed by atoms with Gasteiger partial charge in [0.2, 0.25) is 0 Å². The summed E-state index contributed by atoms with van der Waals surface area (Å²) in [6, 6.07) is 0.281. The van der Waals surface area contributed by atoms with Crippen LogP contribution in [-0.4, -0.2) is 52.2 Å². The molecule has 0 aromatic heterocycles. The summed E-state index contributed by atoms with van der Waals surface area (Å²) in [5.74, 6) is 0.353. The van der Waals surface area contributed by atoms with E-state index < -0.39 is 29.7 Å². The van der Waals surface area contributed by atoms with E-state index in [0.29, 0.717) is 34.9 Å². The monoisotopic (exact) mass is 490 g/mol. The van der Waals surface area contributed by atoms with Crippen molar-refractivity contribution >= 4 is 23.3 Å². The van der Waals surface area contributed by atoms with Gasteiger partial charge in [0.1, 0.15) is 11.7 Å². The number of aliphatic hydroxyl groups excluding tert-OH is 1. The number of rotatable bonds is 2. The SMILES string of the molecule is C=C1C2CC3C(C(C)C)C(NC(=S)NC)CC3(C)CC2/C(C)=C\CC2C(C)OC(=O)C(O)C12O. The minimum atomic E-state index is -1.68. The minimum Gasteiger partial charge on any atom is -0.460 e. The summed E-state index contributed by atoms with van der Waals surface area (Å²) in [6.45, 7) is 15.4. The van der Waals surface area contributed by atoms with E-state index in [2.05, 4.69) is 51.0 Å². The Morgan fingerprint density at radius 3 is 2.59 bits per heavy atom. The maximum atomic E-state index is 12.5. The van der Waals surface area contributed by atoms with Crippen LogP contribution in [0.15, 0.2) is 23.8 Å². The molecule has 3 fully saturated rings. The van der Waals surface area contributed by atoms with Crippen molar-refractivity contribution in [1.29, 1.82) is 0 Å². The zero-order valence-corrected chi connectivity index (χ0v) is 22.2. The number of thiocarbonyl (C=S) groups is 1. The fourth-order valence-corrected chi connectivity index (χ4v) is 8.24. The van der Waals surface area contributed by atoms with Gasteiger partial charge in [-0.25, -0.2) is 4.79 Å². The van der Waals surface area contributed by atoms with Gasteiger partial charge in [-0.2, -0.15) is 0 Å². The third-order valence-corrected chi connectivity index (χ3v) is 10.1. The number of hydrogen-bond donors (Lipinski definition) is 4. The maximum absolute atomic E-state index is 12.5. The van der Waals surface area contributed by atoms with Gasteiger partial charge < -0.3 is 25.6 Å². The van der Waals surface area contributed by atoms with Crippen molar-refractivity contribution in [2.45, 2.75) is 84.2 Å². The van der Waals surface area contributed by atoms with E-state index in [1.807, 2.05) is 7.05 Å². The molecule has 190 valence electrons. The van der Waals surface area contributed by atoms with E-state index in [4.69, 9.17) is 17.0 Å². The van der Waals surface area contributed by atoms with Crippen LogP contribution < -0.4 is 10.6 Å². The predicted octanol–water partition coefficient (Wildman–Crippen LogP) is 3.33. The summed E-state index contributed by atoms with van der Waals surface area (Å²) in [5.41, 5.74) is 0.373. The van der Waals surface area contributed by atoms with Crippen LogP contribution >= 0.6 is 12.2 Å². The van der Waals surface area contributed by atoms with Crippen LogP contribution in [0.5, 0.6) is 0 Å². The molecule has 0 amide bonds. The molecule has 10 unspecified atom stereocenters. The van der Waals surface area contributed by atoms with E-state index in [1.54, 1.807) is 6.92 Å². The van der Waals surface area contributed by atoms with Crippen LogP contribution in [0.25, 0.3) is 0 Å². The molecule has 0 bridgehead atoms. The van der Waals surface area contributed by atoms with Crippen molar-refractivity contribution < 1.29 is 19.7 Å². The standard InChI is InChI=1S/C27H42N2O4S/c1-13(2)22-20-10-17-15(4)27(32)19(16(5)33-24(31)23(27)30)9-8-14(3)18(17)11-26(20,6)12-21(22)29-25(34)28-7/h8,13,16-23,30,32H,4,9-12H2,1-3,5-7H3,(H2,28,29,34)/b14-8-. The van der Waals surface area contributed by atoms with Gasteiger partial charge >= 0.3 is 5.97 Å². The van der Waals surface area contributed by atoms with E-state index >= 15 is 0 Å². The molecule has 0 spiro atoms. The maximum Gasteiger partial charge on any atom is 0.338 e. The summed E-state index contributed by atoms with van der Waals surface area (Å²) >= 11 is 5.47. The molecule has 6 nitrogen and oxygen atoms in total. The Bertz CT molecular complexity index is 903. The van der Waals surface area contributed by atoms with E-state index in [9.17, 15) is 15.0 Å². The number of cyclic esters (lactones) is 1. The number of ether oxygens (including phenoxy) is 1. The number of fused-ring (bicyclic) bond motifs is 3. The molecule has 1 heterocycles. The summed E-state index contributed by atoms with van der Waals surface area (Å²) in [6.07, 6.45) is 3.58. The van der Waals surface area contributed by atoms with Crippen molar-refractivity contribution in [3.63, 3.8) is 0 Å². The zero-order chi connectivity index (χ0) is 25.2. The smallest absolute Gasteiger partial charge is 0.338 e. The number of carbonyl (C=O) groups excluding carboxylic acids is 1.